The highest BCUT2D eigenvalue weighted by molar-refractivity contribution is 5.77. The molecule has 2 rings (SSSR count). The third-order valence-electron chi connectivity index (χ3n) is 4.37. The van der Waals surface area contributed by atoms with Crippen LogP contribution < -0.4 is 0 Å². The number of hydrogen-bond acceptors (Lipinski definition) is 1. The molecular formula is C17H25NO. The second kappa shape index (κ2) is 6.74. The van der Waals surface area contributed by atoms with Gasteiger partial charge in [0, 0.05) is 19.5 Å². The van der Waals surface area contributed by atoms with Crippen LogP contribution in [0.3, 0.4) is 0 Å². The Kier molecular flexibility index (Phi) is 5.00. The summed E-state index contributed by atoms with van der Waals surface area (Å²) < 4.78 is 0. The summed E-state index contributed by atoms with van der Waals surface area (Å²) in [5.41, 5.74) is 1.26. The van der Waals surface area contributed by atoms with Crippen molar-refractivity contribution in [1.82, 2.24) is 4.90 Å². The van der Waals surface area contributed by atoms with Crippen LogP contribution in [-0.2, 0) is 4.79 Å². The summed E-state index contributed by atoms with van der Waals surface area (Å²) in [5.74, 6) is 0.600. The lowest BCUT2D eigenvalue weighted by molar-refractivity contribution is -0.132. The Balaban J connectivity index is 1.89. The molecule has 0 aromatic heterocycles. The van der Waals surface area contributed by atoms with Crippen molar-refractivity contribution in [3.05, 3.63) is 35.9 Å². The van der Waals surface area contributed by atoms with Gasteiger partial charge in [-0.15, -0.1) is 0 Å². The fourth-order valence-electron chi connectivity index (χ4n) is 2.98. The molecule has 1 atom stereocenters. The largest absolute Gasteiger partial charge is 0.343 e. The topological polar surface area (TPSA) is 20.3 Å². The molecule has 0 spiro atoms. The Morgan fingerprint density at radius 2 is 1.84 bits per heavy atom. The Bertz CT molecular complexity index is 395. The van der Waals surface area contributed by atoms with Crippen LogP contribution in [0.4, 0.5) is 0 Å². The van der Waals surface area contributed by atoms with Crippen LogP contribution in [0.25, 0.3) is 0 Å². The molecule has 0 N–H and O–H groups in total. The lowest BCUT2D eigenvalue weighted by Crippen LogP contribution is -2.38. The highest BCUT2D eigenvalue weighted by Gasteiger charge is 2.23. The van der Waals surface area contributed by atoms with E-state index in [-0.39, 0.29) is 0 Å². The molecule has 1 aliphatic rings. The van der Waals surface area contributed by atoms with Gasteiger partial charge in [0.15, 0.2) is 0 Å². The first-order valence-corrected chi connectivity index (χ1v) is 7.49. The van der Waals surface area contributed by atoms with Crippen molar-refractivity contribution in [2.75, 3.05) is 7.05 Å². The minimum atomic E-state index is 0.295. The predicted octanol–water partition coefficient (Wildman–Crippen LogP) is 3.97. The van der Waals surface area contributed by atoms with Crippen molar-refractivity contribution in [2.45, 2.75) is 57.4 Å². The minimum Gasteiger partial charge on any atom is -0.343 e. The Morgan fingerprint density at radius 1 is 1.21 bits per heavy atom. The van der Waals surface area contributed by atoms with E-state index in [1.54, 1.807) is 0 Å². The quantitative estimate of drug-likeness (QED) is 0.801. The van der Waals surface area contributed by atoms with Gasteiger partial charge in [0.1, 0.15) is 0 Å². The summed E-state index contributed by atoms with van der Waals surface area (Å²) in [4.78, 5) is 14.4. The van der Waals surface area contributed by atoms with Gasteiger partial charge in [-0.1, -0.05) is 56.5 Å². The predicted molar refractivity (Wildman–Crippen MR) is 79.1 cm³/mol. The zero-order chi connectivity index (χ0) is 13.7. The normalized spacial score (nSPS) is 18.0. The number of nitrogens with zero attached hydrogens (tertiary/aromatic N) is 1. The van der Waals surface area contributed by atoms with E-state index in [9.17, 15) is 4.79 Å². The molecule has 2 nitrogen and oxygen atoms in total. The molecule has 1 amide bonds. The van der Waals surface area contributed by atoms with Gasteiger partial charge in [-0.05, 0) is 24.3 Å². The maximum atomic E-state index is 12.4. The van der Waals surface area contributed by atoms with Crippen LogP contribution in [0.15, 0.2) is 30.3 Å². The van der Waals surface area contributed by atoms with Crippen molar-refractivity contribution in [2.24, 2.45) is 0 Å². The Labute approximate surface area is 116 Å². The SMILES string of the molecule is CC(CC(=O)N(C)C1CCCCC1)c1ccccc1. The van der Waals surface area contributed by atoms with E-state index in [1.165, 1.54) is 37.7 Å². The number of carbonyl (C=O) groups excluding carboxylic acids is 1. The average molecular weight is 259 g/mol. The molecule has 1 aromatic rings. The summed E-state index contributed by atoms with van der Waals surface area (Å²) in [5, 5.41) is 0. The van der Waals surface area contributed by atoms with E-state index in [1.807, 2.05) is 30.1 Å². The van der Waals surface area contributed by atoms with Crippen LogP contribution in [0.2, 0.25) is 0 Å². The summed E-state index contributed by atoms with van der Waals surface area (Å²) in [6.45, 7) is 2.14. The number of rotatable bonds is 4. The van der Waals surface area contributed by atoms with E-state index < -0.39 is 0 Å². The summed E-state index contributed by atoms with van der Waals surface area (Å²) in [6.07, 6.45) is 6.87. The molecule has 0 bridgehead atoms. The third kappa shape index (κ3) is 3.82. The van der Waals surface area contributed by atoms with E-state index in [4.69, 9.17) is 0 Å². The summed E-state index contributed by atoms with van der Waals surface area (Å²) in [6, 6.07) is 10.8. The lowest BCUT2D eigenvalue weighted by atomic mass is 9.93. The van der Waals surface area contributed by atoms with E-state index in [0.29, 0.717) is 24.3 Å². The molecule has 1 aromatic carbocycles. The zero-order valence-corrected chi connectivity index (χ0v) is 12.1. The molecule has 1 aliphatic carbocycles. The smallest absolute Gasteiger partial charge is 0.223 e. The van der Waals surface area contributed by atoms with Gasteiger partial charge in [0.05, 0.1) is 0 Å². The van der Waals surface area contributed by atoms with Crippen LogP contribution in [-0.4, -0.2) is 23.9 Å². The molecule has 0 heterocycles. The highest BCUT2D eigenvalue weighted by Crippen LogP contribution is 2.24. The van der Waals surface area contributed by atoms with Gasteiger partial charge in [-0.3, -0.25) is 4.79 Å². The van der Waals surface area contributed by atoms with Crippen molar-refractivity contribution in [1.29, 1.82) is 0 Å². The van der Waals surface area contributed by atoms with Crippen LogP contribution in [0.5, 0.6) is 0 Å². The van der Waals surface area contributed by atoms with Gasteiger partial charge in [0.25, 0.3) is 0 Å². The van der Waals surface area contributed by atoms with Gasteiger partial charge in [0.2, 0.25) is 5.91 Å². The van der Waals surface area contributed by atoms with Crippen LogP contribution in [0, 0.1) is 0 Å². The zero-order valence-electron chi connectivity index (χ0n) is 12.1. The molecule has 1 unspecified atom stereocenters. The third-order valence-corrected chi connectivity index (χ3v) is 4.37. The van der Waals surface area contributed by atoms with Crippen LogP contribution >= 0.6 is 0 Å². The fourth-order valence-corrected chi connectivity index (χ4v) is 2.98. The number of amides is 1. The molecular weight excluding hydrogens is 234 g/mol. The van der Waals surface area contributed by atoms with Crippen molar-refractivity contribution in [3.63, 3.8) is 0 Å². The molecule has 0 aliphatic heterocycles. The van der Waals surface area contributed by atoms with Crippen LogP contribution in [0.1, 0.15) is 56.9 Å². The van der Waals surface area contributed by atoms with Gasteiger partial charge >= 0.3 is 0 Å². The molecule has 19 heavy (non-hydrogen) atoms. The van der Waals surface area contributed by atoms with Gasteiger partial charge < -0.3 is 4.90 Å². The lowest BCUT2D eigenvalue weighted by Gasteiger charge is -2.32. The molecule has 1 fully saturated rings. The monoisotopic (exact) mass is 259 g/mol. The molecule has 0 radical (unpaired) electrons. The van der Waals surface area contributed by atoms with E-state index >= 15 is 0 Å². The maximum Gasteiger partial charge on any atom is 0.223 e. The Hall–Kier alpha value is -1.31. The van der Waals surface area contributed by atoms with Crippen molar-refractivity contribution in [3.8, 4) is 0 Å². The summed E-state index contributed by atoms with van der Waals surface area (Å²) >= 11 is 0. The number of hydrogen-bond donors (Lipinski definition) is 0. The summed E-state index contributed by atoms with van der Waals surface area (Å²) in [7, 11) is 1.98. The minimum absolute atomic E-state index is 0.295. The number of carbonyl (C=O) groups is 1. The fraction of sp³-hybridized carbons (Fsp3) is 0.588. The standard InChI is InChI=1S/C17H25NO/c1-14(15-9-5-3-6-10-15)13-17(19)18(2)16-11-7-4-8-12-16/h3,5-6,9-10,14,16H,4,7-8,11-13H2,1-2H3. The first-order chi connectivity index (χ1) is 9.18. The molecule has 104 valence electrons. The van der Waals surface area contributed by atoms with E-state index in [2.05, 4.69) is 19.1 Å². The second-order valence-corrected chi connectivity index (χ2v) is 5.81. The molecule has 0 saturated heterocycles. The molecule has 1 saturated carbocycles. The Morgan fingerprint density at radius 3 is 2.47 bits per heavy atom. The maximum absolute atomic E-state index is 12.4. The van der Waals surface area contributed by atoms with E-state index in [0.717, 1.165) is 0 Å². The molecule has 2 heteroatoms. The van der Waals surface area contributed by atoms with Gasteiger partial charge in [-0.2, -0.15) is 0 Å². The van der Waals surface area contributed by atoms with Gasteiger partial charge in [-0.25, -0.2) is 0 Å². The first kappa shape index (κ1) is 14.1. The first-order valence-electron chi connectivity index (χ1n) is 7.49. The van der Waals surface area contributed by atoms with Crippen molar-refractivity contribution >= 4 is 5.91 Å². The average Bonchev–Trinajstić information content (AvgIpc) is 2.48. The van der Waals surface area contributed by atoms with Crippen molar-refractivity contribution < 1.29 is 4.79 Å². The highest BCUT2D eigenvalue weighted by atomic mass is 16.2. The number of benzene rings is 1. The second-order valence-electron chi connectivity index (χ2n) is 5.81.